The highest BCUT2D eigenvalue weighted by molar-refractivity contribution is 5.99. The smallest absolute Gasteiger partial charge is 0.288 e. The maximum Gasteiger partial charge on any atom is 0.288 e. The van der Waals surface area contributed by atoms with Crippen LogP contribution in [0.25, 0.3) is 0 Å². The molecule has 1 saturated carbocycles. The molecule has 1 amide bonds. The molecular formula is C14H20N4O3. The van der Waals surface area contributed by atoms with Gasteiger partial charge in [-0.2, -0.15) is 0 Å². The number of anilines is 1. The van der Waals surface area contributed by atoms with Crippen molar-refractivity contribution in [3.05, 3.63) is 27.9 Å². The van der Waals surface area contributed by atoms with E-state index >= 15 is 0 Å². The number of carbonyl (C=O) groups is 1. The number of hydrogen-bond donors (Lipinski definition) is 2. The Hall–Kier alpha value is -2.18. The molecule has 1 aliphatic carbocycles. The second kappa shape index (κ2) is 6.51. The molecule has 0 bridgehead atoms. The third-order valence-electron chi connectivity index (χ3n) is 3.89. The van der Waals surface area contributed by atoms with E-state index in [1.165, 1.54) is 12.5 Å². The predicted octanol–water partition coefficient (Wildman–Crippen LogP) is 2.34. The molecule has 0 saturated heterocycles. The summed E-state index contributed by atoms with van der Waals surface area (Å²) in [6.07, 6.45) is 4.60. The van der Waals surface area contributed by atoms with E-state index in [0.29, 0.717) is 18.3 Å². The van der Waals surface area contributed by atoms with E-state index in [4.69, 9.17) is 0 Å². The number of aromatic nitrogens is 1. The molecule has 0 spiro atoms. The summed E-state index contributed by atoms with van der Waals surface area (Å²) in [5.41, 5.74) is 0.0373. The van der Waals surface area contributed by atoms with Crippen molar-refractivity contribution in [2.75, 3.05) is 11.9 Å². The second-order valence-electron chi connectivity index (χ2n) is 5.33. The van der Waals surface area contributed by atoms with Gasteiger partial charge in [0, 0.05) is 18.7 Å². The number of hydrogen-bond acceptors (Lipinski definition) is 5. The lowest BCUT2D eigenvalue weighted by Gasteiger charge is -2.31. The SMILES string of the molecule is CCNc1ncc([N+](=O)[O-])cc1C(=O)NC(C)C1CCC1. The topological polar surface area (TPSA) is 97.2 Å². The third kappa shape index (κ3) is 3.48. The Morgan fingerprint density at radius 1 is 1.57 bits per heavy atom. The molecule has 21 heavy (non-hydrogen) atoms. The summed E-state index contributed by atoms with van der Waals surface area (Å²) in [5, 5.41) is 16.7. The van der Waals surface area contributed by atoms with E-state index in [0.717, 1.165) is 19.0 Å². The first-order chi connectivity index (χ1) is 10.0. The molecule has 114 valence electrons. The van der Waals surface area contributed by atoms with Gasteiger partial charge >= 0.3 is 0 Å². The molecule has 7 heteroatoms. The van der Waals surface area contributed by atoms with E-state index in [-0.39, 0.29) is 23.2 Å². The van der Waals surface area contributed by atoms with Gasteiger partial charge in [-0.1, -0.05) is 6.42 Å². The molecule has 1 unspecified atom stereocenters. The lowest BCUT2D eigenvalue weighted by Crippen LogP contribution is -2.41. The molecular weight excluding hydrogens is 272 g/mol. The van der Waals surface area contributed by atoms with Gasteiger partial charge in [0.1, 0.15) is 12.0 Å². The van der Waals surface area contributed by atoms with Crippen molar-refractivity contribution in [1.82, 2.24) is 10.3 Å². The Labute approximate surface area is 123 Å². The van der Waals surface area contributed by atoms with Crippen LogP contribution in [0, 0.1) is 16.0 Å². The van der Waals surface area contributed by atoms with Crippen LogP contribution in [0.3, 0.4) is 0 Å². The molecule has 1 aliphatic rings. The van der Waals surface area contributed by atoms with Crippen LogP contribution in [0.1, 0.15) is 43.5 Å². The zero-order valence-corrected chi connectivity index (χ0v) is 12.3. The number of carbonyl (C=O) groups excluding carboxylic acids is 1. The second-order valence-corrected chi connectivity index (χ2v) is 5.33. The first-order valence-electron chi connectivity index (χ1n) is 7.22. The highest BCUT2D eigenvalue weighted by Crippen LogP contribution is 2.29. The zero-order chi connectivity index (χ0) is 15.4. The quantitative estimate of drug-likeness (QED) is 0.619. The molecule has 0 radical (unpaired) electrons. The highest BCUT2D eigenvalue weighted by atomic mass is 16.6. The van der Waals surface area contributed by atoms with Crippen molar-refractivity contribution >= 4 is 17.4 Å². The largest absolute Gasteiger partial charge is 0.370 e. The van der Waals surface area contributed by atoms with Crippen LogP contribution in [0.5, 0.6) is 0 Å². The number of nitrogens with zero attached hydrogens (tertiary/aromatic N) is 2. The Morgan fingerprint density at radius 2 is 2.29 bits per heavy atom. The summed E-state index contributed by atoms with van der Waals surface area (Å²) in [5.74, 6) is 0.561. The fourth-order valence-electron chi connectivity index (χ4n) is 2.38. The number of pyridine rings is 1. The molecule has 1 atom stereocenters. The lowest BCUT2D eigenvalue weighted by molar-refractivity contribution is -0.385. The molecule has 0 aliphatic heterocycles. The van der Waals surface area contributed by atoms with E-state index in [1.54, 1.807) is 0 Å². The van der Waals surface area contributed by atoms with Gasteiger partial charge in [-0.05, 0) is 32.6 Å². The minimum absolute atomic E-state index is 0.0694. The lowest BCUT2D eigenvalue weighted by atomic mass is 9.80. The van der Waals surface area contributed by atoms with Gasteiger partial charge in [0.15, 0.2) is 0 Å². The molecule has 7 nitrogen and oxygen atoms in total. The number of nitrogens with one attached hydrogen (secondary N) is 2. The third-order valence-corrected chi connectivity index (χ3v) is 3.89. The zero-order valence-electron chi connectivity index (χ0n) is 12.3. The monoisotopic (exact) mass is 292 g/mol. The van der Waals surface area contributed by atoms with Crippen LogP contribution < -0.4 is 10.6 Å². The fraction of sp³-hybridized carbons (Fsp3) is 0.571. The summed E-state index contributed by atoms with van der Waals surface area (Å²) in [7, 11) is 0. The molecule has 1 fully saturated rings. The van der Waals surface area contributed by atoms with E-state index < -0.39 is 4.92 Å². The molecule has 1 heterocycles. The Balaban J connectivity index is 2.19. The van der Waals surface area contributed by atoms with E-state index in [1.807, 2.05) is 13.8 Å². The van der Waals surface area contributed by atoms with Crippen molar-refractivity contribution in [2.45, 2.75) is 39.2 Å². The predicted molar refractivity (Wildman–Crippen MR) is 79.3 cm³/mol. The average molecular weight is 292 g/mol. The number of nitro groups is 1. The highest BCUT2D eigenvalue weighted by Gasteiger charge is 2.26. The van der Waals surface area contributed by atoms with Gasteiger partial charge in [0.05, 0.1) is 10.5 Å². The average Bonchev–Trinajstić information content (AvgIpc) is 2.36. The standard InChI is InChI=1S/C14H20N4O3/c1-3-15-13-12(7-11(8-16-13)18(20)21)14(19)17-9(2)10-5-4-6-10/h7-10H,3-6H2,1-2H3,(H,15,16)(H,17,19). The maximum absolute atomic E-state index is 12.4. The van der Waals surface area contributed by atoms with Gasteiger partial charge in [-0.15, -0.1) is 0 Å². The van der Waals surface area contributed by atoms with Crippen LogP contribution in [-0.4, -0.2) is 28.4 Å². The van der Waals surface area contributed by atoms with Crippen LogP contribution in [0.15, 0.2) is 12.3 Å². The van der Waals surface area contributed by atoms with Crippen LogP contribution in [0.4, 0.5) is 11.5 Å². The summed E-state index contributed by atoms with van der Waals surface area (Å²) in [6.45, 7) is 4.43. The maximum atomic E-state index is 12.4. The summed E-state index contributed by atoms with van der Waals surface area (Å²) in [4.78, 5) is 26.6. The molecule has 0 aromatic carbocycles. The first-order valence-corrected chi connectivity index (χ1v) is 7.22. The first kappa shape index (κ1) is 15.2. The van der Waals surface area contributed by atoms with Crippen molar-refractivity contribution in [2.24, 2.45) is 5.92 Å². The molecule has 1 aromatic heterocycles. The minimum atomic E-state index is -0.547. The molecule has 2 rings (SSSR count). The number of amides is 1. The Kier molecular flexibility index (Phi) is 4.72. The fourth-order valence-corrected chi connectivity index (χ4v) is 2.38. The van der Waals surface area contributed by atoms with Gasteiger partial charge in [0.25, 0.3) is 11.6 Å². The Bertz CT molecular complexity index is 543. The van der Waals surface area contributed by atoms with Gasteiger partial charge < -0.3 is 10.6 Å². The van der Waals surface area contributed by atoms with Crippen molar-refractivity contribution in [1.29, 1.82) is 0 Å². The van der Waals surface area contributed by atoms with Gasteiger partial charge in [-0.3, -0.25) is 14.9 Å². The van der Waals surface area contributed by atoms with Gasteiger partial charge in [0.2, 0.25) is 0 Å². The van der Waals surface area contributed by atoms with Crippen molar-refractivity contribution in [3.63, 3.8) is 0 Å². The Morgan fingerprint density at radius 3 is 2.81 bits per heavy atom. The summed E-state index contributed by atoms with van der Waals surface area (Å²) < 4.78 is 0. The van der Waals surface area contributed by atoms with Crippen molar-refractivity contribution in [3.8, 4) is 0 Å². The summed E-state index contributed by atoms with van der Waals surface area (Å²) >= 11 is 0. The summed E-state index contributed by atoms with van der Waals surface area (Å²) in [6, 6.07) is 1.34. The van der Waals surface area contributed by atoms with Crippen LogP contribution in [-0.2, 0) is 0 Å². The van der Waals surface area contributed by atoms with Gasteiger partial charge in [-0.25, -0.2) is 4.98 Å². The van der Waals surface area contributed by atoms with Crippen LogP contribution >= 0.6 is 0 Å². The normalized spacial score (nSPS) is 15.9. The molecule has 2 N–H and O–H groups in total. The van der Waals surface area contributed by atoms with E-state index in [2.05, 4.69) is 15.6 Å². The minimum Gasteiger partial charge on any atom is -0.370 e. The number of rotatable bonds is 6. The van der Waals surface area contributed by atoms with E-state index in [9.17, 15) is 14.9 Å². The van der Waals surface area contributed by atoms with Crippen molar-refractivity contribution < 1.29 is 9.72 Å². The van der Waals surface area contributed by atoms with Crippen LogP contribution in [0.2, 0.25) is 0 Å². The molecule has 1 aromatic rings.